The van der Waals surface area contributed by atoms with Crippen LogP contribution in [-0.2, 0) is 6.54 Å². The summed E-state index contributed by atoms with van der Waals surface area (Å²) in [5, 5.41) is 2.78. The van der Waals surface area contributed by atoms with Crippen LogP contribution in [0.3, 0.4) is 0 Å². The number of halogens is 2. The van der Waals surface area contributed by atoms with Gasteiger partial charge in [0.2, 0.25) is 0 Å². The Hall–Kier alpha value is -2.37. The standard InChI is InChI=1S/C14H14F2N2O2/c1-19-12-6-7-17-11(14(12)20-2)8-18-10-5-3-4-9(15)13(10)16/h3-7,18H,8H2,1-2H3. The summed E-state index contributed by atoms with van der Waals surface area (Å²) in [5.41, 5.74) is 0.604. The van der Waals surface area contributed by atoms with Gasteiger partial charge in [-0.1, -0.05) is 6.07 Å². The van der Waals surface area contributed by atoms with Crippen LogP contribution < -0.4 is 14.8 Å². The highest BCUT2D eigenvalue weighted by atomic mass is 19.2. The molecule has 6 heteroatoms. The predicted octanol–water partition coefficient (Wildman–Crippen LogP) is 2.99. The molecule has 0 aliphatic rings. The number of aromatic nitrogens is 1. The molecule has 0 spiro atoms. The molecule has 1 N–H and O–H groups in total. The minimum Gasteiger partial charge on any atom is -0.493 e. The van der Waals surface area contributed by atoms with Crippen LogP contribution in [0.2, 0.25) is 0 Å². The number of pyridine rings is 1. The van der Waals surface area contributed by atoms with E-state index in [1.54, 1.807) is 12.3 Å². The third kappa shape index (κ3) is 2.79. The van der Waals surface area contributed by atoms with Crippen molar-refractivity contribution in [2.24, 2.45) is 0 Å². The van der Waals surface area contributed by atoms with Crippen LogP contribution in [0.25, 0.3) is 0 Å². The van der Waals surface area contributed by atoms with Crippen LogP contribution >= 0.6 is 0 Å². The molecule has 1 heterocycles. The molecule has 0 radical (unpaired) electrons. The van der Waals surface area contributed by atoms with Crippen molar-refractivity contribution in [3.8, 4) is 11.5 Å². The molecule has 2 aromatic rings. The first-order valence-corrected chi connectivity index (χ1v) is 5.91. The molecule has 20 heavy (non-hydrogen) atoms. The van der Waals surface area contributed by atoms with Crippen molar-refractivity contribution in [1.29, 1.82) is 0 Å². The van der Waals surface area contributed by atoms with E-state index in [0.29, 0.717) is 17.2 Å². The van der Waals surface area contributed by atoms with Gasteiger partial charge in [0.1, 0.15) is 5.69 Å². The minimum atomic E-state index is -0.922. The molecule has 106 valence electrons. The molecule has 0 atom stereocenters. The average molecular weight is 280 g/mol. The SMILES string of the molecule is COc1ccnc(CNc2cccc(F)c2F)c1OC. The number of hydrogen-bond acceptors (Lipinski definition) is 4. The number of rotatable bonds is 5. The summed E-state index contributed by atoms with van der Waals surface area (Å²) in [6.45, 7) is 0.181. The fourth-order valence-electron chi connectivity index (χ4n) is 1.80. The number of ether oxygens (including phenoxy) is 2. The quantitative estimate of drug-likeness (QED) is 0.914. The van der Waals surface area contributed by atoms with Gasteiger partial charge < -0.3 is 14.8 Å². The molecule has 0 saturated carbocycles. The van der Waals surface area contributed by atoms with Gasteiger partial charge in [-0.25, -0.2) is 8.78 Å². The average Bonchev–Trinajstić information content (AvgIpc) is 2.48. The van der Waals surface area contributed by atoms with Crippen molar-refractivity contribution < 1.29 is 18.3 Å². The summed E-state index contributed by atoms with van der Waals surface area (Å²) < 4.78 is 37.0. The van der Waals surface area contributed by atoms with Gasteiger partial charge >= 0.3 is 0 Å². The van der Waals surface area contributed by atoms with E-state index >= 15 is 0 Å². The highest BCUT2D eigenvalue weighted by molar-refractivity contribution is 5.48. The predicted molar refractivity (Wildman–Crippen MR) is 71.0 cm³/mol. The monoisotopic (exact) mass is 280 g/mol. The molecule has 0 fully saturated rings. The van der Waals surface area contributed by atoms with E-state index in [1.165, 1.54) is 26.4 Å². The molecular formula is C14H14F2N2O2. The smallest absolute Gasteiger partial charge is 0.184 e. The van der Waals surface area contributed by atoms with Crippen molar-refractivity contribution in [2.45, 2.75) is 6.54 Å². The summed E-state index contributed by atoms with van der Waals surface area (Å²) >= 11 is 0. The summed E-state index contributed by atoms with van der Waals surface area (Å²) in [7, 11) is 3.01. The normalized spacial score (nSPS) is 10.2. The van der Waals surface area contributed by atoms with Crippen LogP contribution in [-0.4, -0.2) is 19.2 Å². The Kier molecular flexibility index (Phi) is 4.34. The molecule has 0 bridgehead atoms. The van der Waals surface area contributed by atoms with Crippen molar-refractivity contribution >= 4 is 5.69 Å². The Morgan fingerprint density at radius 1 is 1.15 bits per heavy atom. The van der Waals surface area contributed by atoms with Crippen LogP contribution in [0.15, 0.2) is 30.5 Å². The maximum absolute atomic E-state index is 13.5. The lowest BCUT2D eigenvalue weighted by Gasteiger charge is -2.13. The maximum Gasteiger partial charge on any atom is 0.184 e. The van der Waals surface area contributed by atoms with Gasteiger partial charge in [-0.05, 0) is 12.1 Å². The van der Waals surface area contributed by atoms with Crippen molar-refractivity contribution in [3.63, 3.8) is 0 Å². The first kappa shape index (κ1) is 14.0. The van der Waals surface area contributed by atoms with Crippen molar-refractivity contribution in [2.75, 3.05) is 19.5 Å². The lowest BCUT2D eigenvalue weighted by atomic mass is 10.2. The van der Waals surface area contributed by atoms with E-state index < -0.39 is 11.6 Å². The zero-order chi connectivity index (χ0) is 14.5. The van der Waals surface area contributed by atoms with Crippen LogP contribution in [0, 0.1) is 11.6 Å². The van der Waals surface area contributed by atoms with Crippen molar-refractivity contribution in [3.05, 3.63) is 47.8 Å². The minimum absolute atomic E-state index is 0.0664. The Morgan fingerprint density at radius 3 is 2.65 bits per heavy atom. The summed E-state index contributed by atoms with van der Waals surface area (Å²) in [6, 6.07) is 5.60. The van der Waals surface area contributed by atoms with E-state index in [0.717, 1.165) is 6.07 Å². The van der Waals surface area contributed by atoms with Gasteiger partial charge in [-0.2, -0.15) is 0 Å². The van der Waals surface area contributed by atoms with E-state index in [2.05, 4.69) is 10.3 Å². The summed E-state index contributed by atoms with van der Waals surface area (Å²) in [6.07, 6.45) is 1.56. The Labute approximate surface area is 115 Å². The van der Waals surface area contributed by atoms with E-state index in [-0.39, 0.29) is 12.2 Å². The largest absolute Gasteiger partial charge is 0.493 e. The second kappa shape index (κ2) is 6.18. The maximum atomic E-state index is 13.5. The van der Waals surface area contributed by atoms with Gasteiger partial charge in [0.15, 0.2) is 23.1 Å². The van der Waals surface area contributed by atoms with E-state index in [4.69, 9.17) is 9.47 Å². The third-order valence-electron chi connectivity index (χ3n) is 2.76. The fraction of sp³-hybridized carbons (Fsp3) is 0.214. The van der Waals surface area contributed by atoms with Gasteiger partial charge in [0, 0.05) is 12.3 Å². The molecule has 0 saturated heterocycles. The molecule has 4 nitrogen and oxygen atoms in total. The molecule has 0 aliphatic heterocycles. The Morgan fingerprint density at radius 2 is 1.95 bits per heavy atom. The third-order valence-corrected chi connectivity index (χ3v) is 2.76. The second-order valence-corrected chi connectivity index (χ2v) is 3.95. The van der Waals surface area contributed by atoms with Gasteiger partial charge in [0.25, 0.3) is 0 Å². The molecule has 0 amide bonds. The Bertz CT molecular complexity index is 606. The topological polar surface area (TPSA) is 43.4 Å². The summed E-state index contributed by atoms with van der Waals surface area (Å²) in [5.74, 6) is -0.840. The van der Waals surface area contributed by atoms with E-state index in [1.807, 2.05) is 0 Å². The van der Waals surface area contributed by atoms with Crippen LogP contribution in [0.4, 0.5) is 14.5 Å². The Balaban J connectivity index is 2.21. The van der Waals surface area contributed by atoms with E-state index in [9.17, 15) is 8.78 Å². The number of nitrogens with zero attached hydrogens (tertiary/aromatic N) is 1. The number of methoxy groups -OCH3 is 2. The zero-order valence-electron chi connectivity index (χ0n) is 11.1. The molecule has 0 unspecified atom stereocenters. The molecule has 2 rings (SSSR count). The second-order valence-electron chi connectivity index (χ2n) is 3.95. The number of benzene rings is 1. The zero-order valence-corrected chi connectivity index (χ0v) is 11.1. The highest BCUT2D eigenvalue weighted by Gasteiger charge is 2.12. The lowest BCUT2D eigenvalue weighted by Crippen LogP contribution is -2.06. The summed E-state index contributed by atoms with van der Waals surface area (Å²) in [4.78, 5) is 4.14. The molecule has 0 aliphatic carbocycles. The molecular weight excluding hydrogens is 266 g/mol. The highest BCUT2D eigenvalue weighted by Crippen LogP contribution is 2.29. The molecule has 1 aromatic heterocycles. The fourth-order valence-corrected chi connectivity index (χ4v) is 1.80. The van der Waals surface area contributed by atoms with Gasteiger partial charge in [-0.15, -0.1) is 0 Å². The first-order chi connectivity index (χ1) is 9.67. The van der Waals surface area contributed by atoms with Gasteiger partial charge in [0.05, 0.1) is 26.5 Å². The number of anilines is 1. The number of hydrogen-bond donors (Lipinski definition) is 1. The lowest BCUT2D eigenvalue weighted by molar-refractivity contribution is 0.350. The van der Waals surface area contributed by atoms with Gasteiger partial charge in [-0.3, -0.25) is 4.98 Å². The van der Waals surface area contributed by atoms with Crippen LogP contribution in [0.1, 0.15) is 5.69 Å². The molecule has 1 aromatic carbocycles. The number of nitrogens with one attached hydrogen (secondary N) is 1. The first-order valence-electron chi connectivity index (χ1n) is 5.91. The van der Waals surface area contributed by atoms with Crippen LogP contribution in [0.5, 0.6) is 11.5 Å². The van der Waals surface area contributed by atoms with Crippen molar-refractivity contribution in [1.82, 2.24) is 4.98 Å².